The van der Waals surface area contributed by atoms with E-state index in [2.05, 4.69) is 35.5 Å². The molecule has 0 N–H and O–H groups in total. The summed E-state index contributed by atoms with van der Waals surface area (Å²) in [7, 11) is 0. The second kappa shape index (κ2) is 4.77. The van der Waals surface area contributed by atoms with Crippen LogP contribution in [0.4, 0.5) is 0 Å². The van der Waals surface area contributed by atoms with Gasteiger partial charge in [0.2, 0.25) is 0 Å². The van der Waals surface area contributed by atoms with Crippen LogP contribution in [0.15, 0.2) is 0 Å². The molecule has 0 radical (unpaired) electrons. The molecule has 0 aromatic rings. The molecule has 3 aliphatic rings. The molecular formula is C15H29N3. The Morgan fingerprint density at radius 3 is 2.33 bits per heavy atom. The van der Waals surface area contributed by atoms with Crippen molar-refractivity contribution in [1.29, 1.82) is 0 Å². The Balaban J connectivity index is 1.46. The Hall–Kier alpha value is -0.120. The smallest absolute Gasteiger partial charge is 0.0212 e. The maximum atomic E-state index is 2.77. The first kappa shape index (κ1) is 12.9. The largest absolute Gasteiger partial charge is 0.302 e. The quantitative estimate of drug-likeness (QED) is 0.752. The number of piperidine rings is 1. The zero-order chi connectivity index (χ0) is 12.8. The fraction of sp³-hybridized carbons (Fsp3) is 1.00. The van der Waals surface area contributed by atoms with Crippen LogP contribution < -0.4 is 0 Å². The predicted octanol–water partition coefficient (Wildman–Crippen LogP) is 1.50. The third-order valence-electron chi connectivity index (χ3n) is 5.55. The fourth-order valence-electron chi connectivity index (χ4n) is 4.40. The highest BCUT2D eigenvalue weighted by Crippen LogP contribution is 2.42. The first-order valence-corrected chi connectivity index (χ1v) is 7.86. The van der Waals surface area contributed by atoms with Crippen LogP contribution in [0.3, 0.4) is 0 Å². The van der Waals surface area contributed by atoms with Crippen molar-refractivity contribution in [2.24, 2.45) is 5.41 Å². The molecule has 3 aliphatic heterocycles. The third kappa shape index (κ3) is 2.10. The van der Waals surface area contributed by atoms with Gasteiger partial charge >= 0.3 is 0 Å². The summed E-state index contributed by atoms with van der Waals surface area (Å²) in [6, 6.07) is 1.67. The summed E-state index contributed by atoms with van der Waals surface area (Å²) in [6.07, 6.45) is 2.78. The number of nitrogens with zero attached hydrogens (tertiary/aromatic N) is 3. The lowest BCUT2D eigenvalue weighted by molar-refractivity contribution is -0.136. The van der Waals surface area contributed by atoms with Crippen molar-refractivity contribution in [3.63, 3.8) is 0 Å². The minimum Gasteiger partial charge on any atom is -0.302 e. The molecule has 0 aromatic heterocycles. The van der Waals surface area contributed by atoms with Crippen molar-refractivity contribution in [2.75, 3.05) is 45.8 Å². The lowest BCUT2D eigenvalue weighted by Crippen LogP contribution is -2.73. The van der Waals surface area contributed by atoms with Crippen molar-refractivity contribution >= 4 is 0 Å². The lowest BCUT2D eigenvalue weighted by atomic mass is 9.71. The summed E-state index contributed by atoms with van der Waals surface area (Å²) >= 11 is 0. The Bertz CT molecular complexity index is 290. The van der Waals surface area contributed by atoms with Gasteiger partial charge in [0.1, 0.15) is 0 Å². The topological polar surface area (TPSA) is 9.72 Å². The standard InChI is InChI=1S/C15H29N3/c1-4-16-9-15(10-16)11-18(12-15)14-6-7-17(5-2)13(3)8-14/h13-14H,4-12H2,1-3H3/t13-,14?/m1/s1. The molecule has 1 spiro atoms. The molecule has 0 aliphatic carbocycles. The number of hydrogen-bond donors (Lipinski definition) is 0. The molecule has 0 saturated carbocycles. The van der Waals surface area contributed by atoms with Gasteiger partial charge in [-0.25, -0.2) is 0 Å². The van der Waals surface area contributed by atoms with Crippen LogP contribution in [0.2, 0.25) is 0 Å². The van der Waals surface area contributed by atoms with Crippen LogP contribution in [0, 0.1) is 5.41 Å². The molecule has 0 aromatic carbocycles. The van der Waals surface area contributed by atoms with E-state index in [-0.39, 0.29) is 0 Å². The van der Waals surface area contributed by atoms with Crippen molar-refractivity contribution in [3.8, 4) is 0 Å². The van der Waals surface area contributed by atoms with Gasteiger partial charge in [0.05, 0.1) is 0 Å². The predicted molar refractivity (Wildman–Crippen MR) is 75.9 cm³/mol. The highest BCUT2D eigenvalue weighted by Gasteiger charge is 2.52. The van der Waals surface area contributed by atoms with Gasteiger partial charge in [-0.2, -0.15) is 0 Å². The number of hydrogen-bond acceptors (Lipinski definition) is 3. The first-order valence-electron chi connectivity index (χ1n) is 7.86. The molecule has 3 rings (SSSR count). The fourth-order valence-corrected chi connectivity index (χ4v) is 4.40. The van der Waals surface area contributed by atoms with E-state index in [0.29, 0.717) is 5.41 Å². The Kier molecular flexibility index (Phi) is 3.41. The van der Waals surface area contributed by atoms with Crippen LogP contribution in [0.1, 0.15) is 33.6 Å². The first-order chi connectivity index (χ1) is 8.65. The second-order valence-corrected chi connectivity index (χ2v) is 6.86. The van der Waals surface area contributed by atoms with E-state index in [0.717, 1.165) is 12.1 Å². The summed E-state index contributed by atoms with van der Waals surface area (Å²) in [5.74, 6) is 0. The SMILES string of the molecule is CCN1CC2(C1)CN(C1CCN(CC)[C@H](C)C1)C2. The molecular weight excluding hydrogens is 222 g/mol. The van der Waals surface area contributed by atoms with E-state index in [1.807, 2.05) is 0 Å². The van der Waals surface area contributed by atoms with Gasteiger partial charge in [-0.05, 0) is 39.4 Å². The molecule has 104 valence electrons. The van der Waals surface area contributed by atoms with E-state index < -0.39 is 0 Å². The van der Waals surface area contributed by atoms with Gasteiger partial charge in [-0.1, -0.05) is 13.8 Å². The number of rotatable bonds is 3. The summed E-state index contributed by atoms with van der Waals surface area (Å²) in [5, 5.41) is 0. The third-order valence-corrected chi connectivity index (χ3v) is 5.55. The Morgan fingerprint density at radius 1 is 1.06 bits per heavy atom. The van der Waals surface area contributed by atoms with Gasteiger partial charge in [0.25, 0.3) is 0 Å². The van der Waals surface area contributed by atoms with E-state index >= 15 is 0 Å². The molecule has 3 fully saturated rings. The number of likely N-dealkylation sites (tertiary alicyclic amines) is 3. The van der Waals surface area contributed by atoms with Crippen molar-refractivity contribution in [3.05, 3.63) is 0 Å². The zero-order valence-corrected chi connectivity index (χ0v) is 12.4. The summed E-state index contributed by atoms with van der Waals surface area (Å²) in [4.78, 5) is 7.99. The van der Waals surface area contributed by atoms with Gasteiger partial charge in [0.15, 0.2) is 0 Å². The molecule has 3 nitrogen and oxygen atoms in total. The average molecular weight is 251 g/mol. The van der Waals surface area contributed by atoms with Gasteiger partial charge in [0, 0.05) is 43.7 Å². The minimum atomic E-state index is 0.709. The Morgan fingerprint density at radius 2 is 1.78 bits per heavy atom. The van der Waals surface area contributed by atoms with Crippen LogP contribution in [-0.2, 0) is 0 Å². The van der Waals surface area contributed by atoms with Gasteiger partial charge in [-0.3, -0.25) is 4.90 Å². The van der Waals surface area contributed by atoms with E-state index in [9.17, 15) is 0 Å². The van der Waals surface area contributed by atoms with Gasteiger partial charge < -0.3 is 9.80 Å². The van der Waals surface area contributed by atoms with Crippen LogP contribution in [0.5, 0.6) is 0 Å². The summed E-state index contributed by atoms with van der Waals surface area (Å²) < 4.78 is 0. The molecule has 0 amide bonds. The lowest BCUT2D eigenvalue weighted by Gasteiger charge is -2.63. The molecule has 3 heterocycles. The summed E-state index contributed by atoms with van der Waals surface area (Å²) in [6.45, 7) is 16.3. The molecule has 3 saturated heterocycles. The maximum absolute atomic E-state index is 2.77. The van der Waals surface area contributed by atoms with Crippen molar-refractivity contribution in [1.82, 2.24) is 14.7 Å². The molecule has 1 unspecified atom stereocenters. The maximum Gasteiger partial charge on any atom is 0.0212 e. The second-order valence-electron chi connectivity index (χ2n) is 6.86. The molecule has 3 heteroatoms. The van der Waals surface area contributed by atoms with Crippen molar-refractivity contribution in [2.45, 2.75) is 45.7 Å². The van der Waals surface area contributed by atoms with Crippen molar-refractivity contribution < 1.29 is 0 Å². The van der Waals surface area contributed by atoms with E-state index in [1.165, 1.54) is 58.7 Å². The molecule has 2 atom stereocenters. The monoisotopic (exact) mass is 251 g/mol. The zero-order valence-electron chi connectivity index (χ0n) is 12.4. The highest BCUT2D eigenvalue weighted by atomic mass is 15.3. The van der Waals surface area contributed by atoms with Gasteiger partial charge in [-0.15, -0.1) is 0 Å². The Labute approximate surface area is 112 Å². The van der Waals surface area contributed by atoms with Crippen LogP contribution >= 0.6 is 0 Å². The highest BCUT2D eigenvalue weighted by molar-refractivity contribution is 5.07. The molecule has 18 heavy (non-hydrogen) atoms. The molecule has 0 bridgehead atoms. The van der Waals surface area contributed by atoms with E-state index in [4.69, 9.17) is 0 Å². The minimum absolute atomic E-state index is 0.709. The van der Waals surface area contributed by atoms with Crippen LogP contribution in [0.25, 0.3) is 0 Å². The van der Waals surface area contributed by atoms with Crippen LogP contribution in [-0.4, -0.2) is 72.6 Å². The average Bonchev–Trinajstić information content (AvgIpc) is 2.26. The summed E-state index contributed by atoms with van der Waals surface area (Å²) in [5.41, 5.74) is 0.709. The van der Waals surface area contributed by atoms with E-state index in [1.54, 1.807) is 0 Å². The normalized spacial score (nSPS) is 37.5.